The minimum atomic E-state index is -3.42. The maximum atomic E-state index is 12.6. The molecule has 1 saturated heterocycles. The summed E-state index contributed by atoms with van der Waals surface area (Å²) in [6.45, 7) is 5.19. The third-order valence-corrected chi connectivity index (χ3v) is 6.05. The van der Waals surface area contributed by atoms with Gasteiger partial charge in [-0.15, -0.1) is 0 Å². The molecule has 0 aliphatic carbocycles. The summed E-state index contributed by atoms with van der Waals surface area (Å²) in [4.78, 5) is 0.301. The fourth-order valence-corrected chi connectivity index (χ4v) is 4.33. The van der Waals surface area contributed by atoms with Crippen molar-refractivity contribution in [3.63, 3.8) is 0 Å². The third-order valence-electron chi connectivity index (χ3n) is 4.19. The molecular weight excluding hydrogens is 274 g/mol. The summed E-state index contributed by atoms with van der Waals surface area (Å²) in [5.41, 5.74) is 1.71. The van der Waals surface area contributed by atoms with Crippen LogP contribution in [0.1, 0.15) is 37.8 Å². The molecule has 0 radical (unpaired) electrons. The van der Waals surface area contributed by atoms with Crippen LogP contribution in [0.15, 0.2) is 23.1 Å². The summed E-state index contributed by atoms with van der Waals surface area (Å²) < 4.78 is 26.8. The zero-order valence-electron chi connectivity index (χ0n) is 12.2. The lowest BCUT2D eigenvalue weighted by atomic mass is 10.1. The Morgan fingerprint density at radius 3 is 2.60 bits per heavy atom. The average molecular weight is 297 g/mol. The van der Waals surface area contributed by atoms with E-state index in [0.717, 1.165) is 24.8 Å². The molecule has 5 heteroatoms. The lowest BCUT2D eigenvalue weighted by molar-refractivity contribution is 0.280. The van der Waals surface area contributed by atoms with E-state index in [1.807, 2.05) is 13.0 Å². The Hall–Kier alpha value is -0.910. The molecule has 112 valence electrons. The first-order chi connectivity index (χ1) is 9.52. The zero-order chi connectivity index (χ0) is 14.8. The molecule has 20 heavy (non-hydrogen) atoms. The summed E-state index contributed by atoms with van der Waals surface area (Å²) in [6.07, 6.45) is 2.75. The van der Waals surface area contributed by atoms with Gasteiger partial charge in [0.2, 0.25) is 10.0 Å². The van der Waals surface area contributed by atoms with Crippen molar-refractivity contribution in [2.75, 3.05) is 13.1 Å². The van der Waals surface area contributed by atoms with Crippen molar-refractivity contribution in [2.45, 2.75) is 44.6 Å². The van der Waals surface area contributed by atoms with Gasteiger partial charge >= 0.3 is 0 Å². The highest BCUT2D eigenvalue weighted by Crippen LogP contribution is 2.27. The van der Waals surface area contributed by atoms with Gasteiger partial charge in [-0.1, -0.05) is 26.3 Å². The molecule has 0 amide bonds. The quantitative estimate of drug-likeness (QED) is 0.906. The van der Waals surface area contributed by atoms with Gasteiger partial charge in [0.1, 0.15) is 0 Å². The van der Waals surface area contributed by atoms with Gasteiger partial charge in [-0.3, -0.25) is 0 Å². The lowest BCUT2D eigenvalue weighted by Crippen LogP contribution is -2.29. The van der Waals surface area contributed by atoms with Crippen LogP contribution in [0.25, 0.3) is 0 Å². The molecule has 1 aromatic rings. The number of nitrogens with zero attached hydrogens (tertiary/aromatic N) is 1. The van der Waals surface area contributed by atoms with Gasteiger partial charge in [0.25, 0.3) is 0 Å². The second-order valence-corrected chi connectivity index (χ2v) is 7.31. The van der Waals surface area contributed by atoms with Crippen LogP contribution in [-0.2, 0) is 23.1 Å². The van der Waals surface area contributed by atoms with Crippen LogP contribution in [0.3, 0.4) is 0 Å². The van der Waals surface area contributed by atoms with E-state index in [4.69, 9.17) is 0 Å². The first-order valence-electron chi connectivity index (χ1n) is 7.25. The molecule has 1 aliphatic heterocycles. The van der Waals surface area contributed by atoms with Crippen LogP contribution >= 0.6 is 0 Å². The van der Waals surface area contributed by atoms with E-state index in [9.17, 15) is 13.5 Å². The molecule has 2 rings (SSSR count). The van der Waals surface area contributed by atoms with Crippen molar-refractivity contribution < 1.29 is 13.5 Å². The van der Waals surface area contributed by atoms with Crippen LogP contribution in [0, 0.1) is 5.92 Å². The highest BCUT2D eigenvalue weighted by Gasteiger charge is 2.31. The minimum Gasteiger partial charge on any atom is -0.392 e. The predicted octanol–water partition coefficient (Wildman–Crippen LogP) is 2.16. The Balaban J connectivity index is 2.30. The lowest BCUT2D eigenvalue weighted by Gasteiger charge is -2.17. The van der Waals surface area contributed by atoms with Crippen LogP contribution in [0.2, 0.25) is 0 Å². The number of hydrogen-bond acceptors (Lipinski definition) is 3. The van der Waals surface area contributed by atoms with Gasteiger partial charge in [0.05, 0.1) is 11.5 Å². The van der Waals surface area contributed by atoms with Crippen molar-refractivity contribution in [2.24, 2.45) is 5.92 Å². The summed E-state index contributed by atoms with van der Waals surface area (Å²) in [5, 5.41) is 9.38. The average Bonchev–Trinajstić information content (AvgIpc) is 2.96. The van der Waals surface area contributed by atoms with Crippen molar-refractivity contribution in [3.8, 4) is 0 Å². The first-order valence-corrected chi connectivity index (χ1v) is 8.69. The molecule has 1 aliphatic rings. The summed E-state index contributed by atoms with van der Waals surface area (Å²) in [5.74, 6) is 0.469. The Morgan fingerprint density at radius 2 is 2.05 bits per heavy atom. The number of sulfonamides is 1. The summed E-state index contributed by atoms with van der Waals surface area (Å²) in [6, 6.07) is 5.09. The highest BCUT2D eigenvalue weighted by atomic mass is 32.2. The van der Waals surface area contributed by atoms with E-state index < -0.39 is 10.0 Å². The normalized spacial score (nSPS) is 20.4. The molecule has 1 N–H and O–H groups in total. The predicted molar refractivity (Wildman–Crippen MR) is 78.9 cm³/mol. The Labute approximate surface area is 121 Å². The molecular formula is C15H23NO3S. The maximum Gasteiger partial charge on any atom is 0.243 e. The number of aliphatic hydroxyl groups is 1. The van der Waals surface area contributed by atoms with Crippen molar-refractivity contribution in [1.82, 2.24) is 4.31 Å². The van der Waals surface area contributed by atoms with Gasteiger partial charge in [0, 0.05) is 13.1 Å². The topological polar surface area (TPSA) is 57.6 Å². The van der Waals surface area contributed by atoms with E-state index in [1.54, 1.807) is 16.4 Å². The summed E-state index contributed by atoms with van der Waals surface area (Å²) >= 11 is 0. The first kappa shape index (κ1) is 15.5. The van der Waals surface area contributed by atoms with Gasteiger partial charge < -0.3 is 5.11 Å². The van der Waals surface area contributed by atoms with Crippen LogP contribution < -0.4 is 0 Å². The standard InChI is InChI=1S/C15H23NO3S/c1-3-12-7-8-16(10-12)20(18,19)15-6-5-13(4-2)14(9-15)11-17/h5-6,9,12,17H,3-4,7-8,10-11H2,1-2H3. The SMILES string of the molecule is CCc1ccc(S(=O)(=O)N2CCC(CC)C2)cc1CO. The maximum absolute atomic E-state index is 12.6. The molecule has 1 atom stereocenters. The fraction of sp³-hybridized carbons (Fsp3) is 0.600. The molecule has 1 fully saturated rings. The largest absolute Gasteiger partial charge is 0.392 e. The van der Waals surface area contributed by atoms with Gasteiger partial charge in [-0.2, -0.15) is 4.31 Å². The van der Waals surface area contributed by atoms with Gasteiger partial charge in [0.15, 0.2) is 0 Å². The minimum absolute atomic E-state index is 0.121. The number of aryl methyl sites for hydroxylation is 1. The number of rotatable bonds is 5. The molecule has 1 unspecified atom stereocenters. The third kappa shape index (κ3) is 2.90. The Morgan fingerprint density at radius 1 is 1.30 bits per heavy atom. The van der Waals surface area contributed by atoms with Crippen molar-refractivity contribution in [1.29, 1.82) is 0 Å². The molecule has 4 nitrogen and oxygen atoms in total. The number of benzene rings is 1. The molecule has 0 bridgehead atoms. The monoisotopic (exact) mass is 297 g/mol. The van der Waals surface area contributed by atoms with E-state index >= 15 is 0 Å². The van der Waals surface area contributed by atoms with Crippen LogP contribution in [0.5, 0.6) is 0 Å². The molecule has 1 aromatic carbocycles. The number of aliphatic hydroxyl groups excluding tert-OH is 1. The molecule has 1 heterocycles. The summed E-state index contributed by atoms with van der Waals surface area (Å²) in [7, 11) is -3.42. The van der Waals surface area contributed by atoms with E-state index in [-0.39, 0.29) is 6.61 Å². The van der Waals surface area contributed by atoms with Crippen LogP contribution in [0.4, 0.5) is 0 Å². The molecule has 0 aromatic heterocycles. The van der Waals surface area contributed by atoms with Crippen LogP contribution in [-0.4, -0.2) is 30.9 Å². The van der Waals surface area contributed by atoms with Crippen molar-refractivity contribution in [3.05, 3.63) is 29.3 Å². The second-order valence-electron chi connectivity index (χ2n) is 5.37. The van der Waals surface area contributed by atoms with Crippen molar-refractivity contribution >= 4 is 10.0 Å². The van der Waals surface area contributed by atoms with E-state index in [0.29, 0.717) is 29.5 Å². The van der Waals surface area contributed by atoms with Gasteiger partial charge in [-0.25, -0.2) is 8.42 Å². The highest BCUT2D eigenvalue weighted by molar-refractivity contribution is 7.89. The van der Waals surface area contributed by atoms with E-state index in [1.165, 1.54) is 0 Å². The number of hydrogen-bond donors (Lipinski definition) is 1. The second kappa shape index (κ2) is 6.24. The zero-order valence-corrected chi connectivity index (χ0v) is 13.0. The smallest absolute Gasteiger partial charge is 0.243 e. The Kier molecular flexibility index (Phi) is 4.83. The van der Waals surface area contributed by atoms with Gasteiger partial charge in [-0.05, 0) is 42.0 Å². The fourth-order valence-electron chi connectivity index (χ4n) is 2.75. The molecule has 0 saturated carbocycles. The van der Waals surface area contributed by atoms with E-state index in [2.05, 4.69) is 6.92 Å². The molecule has 0 spiro atoms. The Bertz CT molecular complexity index is 568.